The lowest BCUT2D eigenvalue weighted by molar-refractivity contribution is -0.127. The van der Waals surface area contributed by atoms with Gasteiger partial charge in [0.2, 0.25) is 5.91 Å². The van der Waals surface area contributed by atoms with Gasteiger partial charge >= 0.3 is 0 Å². The van der Waals surface area contributed by atoms with Crippen LogP contribution in [0.4, 0.5) is 10.5 Å². The summed E-state index contributed by atoms with van der Waals surface area (Å²) in [7, 11) is 1.53. The van der Waals surface area contributed by atoms with E-state index in [0.717, 1.165) is 33.4 Å². The average Bonchev–Trinajstić information content (AvgIpc) is 3.18. The number of allylic oxidation sites excluding steroid dienone is 1. The molecule has 1 heterocycles. The molecule has 3 amide bonds. The summed E-state index contributed by atoms with van der Waals surface area (Å²) in [5, 5.41) is 3.28. The molecule has 7 nitrogen and oxygen atoms in total. The van der Waals surface area contributed by atoms with Crippen molar-refractivity contribution < 1.29 is 23.9 Å². The van der Waals surface area contributed by atoms with Gasteiger partial charge in [-0.2, -0.15) is 0 Å². The summed E-state index contributed by atoms with van der Waals surface area (Å²) in [5.74, 6) is -0.0445. The van der Waals surface area contributed by atoms with Crippen LogP contribution in [0.1, 0.15) is 22.3 Å². The monoisotopic (exact) mass is 596 g/mol. The molecule has 3 aromatic carbocycles. The fourth-order valence-electron chi connectivity index (χ4n) is 3.98. The van der Waals surface area contributed by atoms with E-state index in [0.29, 0.717) is 45.8 Å². The Morgan fingerprint density at radius 3 is 2.50 bits per heavy atom. The smallest absolute Gasteiger partial charge is 0.294 e. The zero-order valence-corrected chi connectivity index (χ0v) is 24.2. The third kappa shape index (κ3) is 7.07. The van der Waals surface area contributed by atoms with Crippen LogP contribution in [-0.2, 0) is 22.6 Å². The number of halogens is 2. The lowest BCUT2D eigenvalue weighted by Crippen LogP contribution is -2.36. The minimum absolute atomic E-state index is 0.193. The van der Waals surface area contributed by atoms with Crippen molar-refractivity contribution in [2.45, 2.75) is 20.0 Å². The molecule has 1 fully saturated rings. The fourth-order valence-corrected chi connectivity index (χ4v) is 5.11. The molecule has 1 aliphatic heterocycles. The molecule has 1 aliphatic rings. The minimum Gasteiger partial charge on any atom is -0.493 e. The normalized spacial score (nSPS) is 14.0. The van der Waals surface area contributed by atoms with E-state index in [2.05, 4.69) is 11.9 Å². The van der Waals surface area contributed by atoms with Crippen LogP contribution in [0.3, 0.4) is 0 Å². The summed E-state index contributed by atoms with van der Waals surface area (Å²) >= 11 is 12.8. The number of nitrogens with one attached hydrogen (secondary N) is 1. The Balaban J connectivity index is 1.52. The van der Waals surface area contributed by atoms with E-state index in [-0.39, 0.29) is 4.91 Å². The summed E-state index contributed by atoms with van der Waals surface area (Å²) in [5.41, 5.74) is 3.68. The number of amides is 3. The molecule has 0 atom stereocenters. The number of imide groups is 1. The van der Waals surface area contributed by atoms with E-state index in [1.807, 2.05) is 25.1 Å². The van der Waals surface area contributed by atoms with Gasteiger partial charge in [0, 0.05) is 21.3 Å². The van der Waals surface area contributed by atoms with E-state index in [4.69, 9.17) is 32.7 Å². The van der Waals surface area contributed by atoms with Crippen LogP contribution in [0.5, 0.6) is 11.5 Å². The Morgan fingerprint density at radius 2 is 1.80 bits per heavy atom. The quantitative estimate of drug-likeness (QED) is 0.195. The van der Waals surface area contributed by atoms with Gasteiger partial charge in [0.15, 0.2) is 11.5 Å². The maximum atomic E-state index is 13.1. The second kappa shape index (κ2) is 13.1. The number of ether oxygens (including phenoxy) is 2. The fraction of sp³-hybridized carbons (Fsp3) is 0.167. The molecule has 1 saturated heterocycles. The van der Waals surface area contributed by atoms with E-state index < -0.39 is 23.6 Å². The predicted molar refractivity (Wildman–Crippen MR) is 160 cm³/mol. The molecule has 0 spiro atoms. The zero-order valence-electron chi connectivity index (χ0n) is 21.8. The van der Waals surface area contributed by atoms with Crippen molar-refractivity contribution in [1.82, 2.24) is 4.90 Å². The van der Waals surface area contributed by atoms with Crippen LogP contribution in [0.15, 0.2) is 72.2 Å². The first-order chi connectivity index (χ1) is 19.2. The SMILES string of the molecule is C=CCc1cc(/C=C2\SC(=O)N(CC(=O)Nc3cc(Cl)ccc3C)C2=O)cc(OC)c1OCc1ccc(Cl)cc1. The van der Waals surface area contributed by atoms with Crippen LogP contribution in [-0.4, -0.2) is 35.6 Å². The predicted octanol–water partition coefficient (Wildman–Crippen LogP) is 7.29. The van der Waals surface area contributed by atoms with Crippen LogP contribution >= 0.6 is 35.0 Å². The number of anilines is 1. The van der Waals surface area contributed by atoms with E-state index >= 15 is 0 Å². The zero-order chi connectivity index (χ0) is 28.8. The number of hydrogen-bond donors (Lipinski definition) is 1. The summed E-state index contributed by atoms with van der Waals surface area (Å²) in [6, 6.07) is 16.0. The Morgan fingerprint density at radius 1 is 1.07 bits per heavy atom. The van der Waals surface area contributed by atoms with Gasteiger partial charge in [-0.25, -0.2) is 0 Å². The van der Waals surface area contributed by atoms with Gasteiger partial charge in [-0.3, -0.25) is 19.3 Å². The van der Waals surface area contributed by atoms with Crippen molar-refractivity contribution in [2.75, 3.05) is 19.0 Å². The molecule has 1 N–H and O–H groups in total. The number of carbonyl (C=O) groups is 3. The van der Waals surface area contributed by atoms with Gasteiger partial charge in [-0.15, -0.1) is 6.58 Å². The summed E-state index contributed by atoms with van der Waals surface area (Å²) in [6.45, 7) is 5.53. The molecule has 3 aromatic rings. The van der Waals surface area contributed by atoms with Gasteiger partial charge in [0.1, 0.15) is 13.2 Å². The molecule has 0 aliphatic carbocycles. The van der Waals surface area contributed by atoms with Crippen molar-refractivity contribution in [3.8, 4) is 11.5 Å². The number of carbonyl (C=O) groups excluding carboxylic acids is 3. The third-order valence-electron chi connectivity index (χ3n) is 5.98. The number of nitrogens with zero attached hydrogens (tertiary/aromatic N) is 1. The van der Waals surface area contributed by atoms with Gasteiger partial charge in [-0.1, -0.05) is 47.5 Å². The molecule has 0 saturated carbocycles. The van der Waals surface area contributed by atoms with E-state index in [1.54, 1.807) is 48.6 Å². The number of aryl methyl sites for hydroxylation is 1. The summed E-state index contributed by atoms with van der Waals surface area (Å²) in [6.07, 6.45) is 3.82. The number of rotatable bonds is 10. The van der Waals surface area contributed by atoms with Crippen LogP contribution < -0.4 is 14.8 Å². The molecule has 0 radical (unpaired) electrons. The van der Waals surface area contributed by atoms with E-state index in [1.165, 1.54) is 7.11 Å². The Bertz CT molecular complexity index is 1500. The van der Waals surface area contributed by atoms with Gasteiger partial charge in [0.05, 0.1) is 12.0 Å². The lowest BCUT2D eigenvalue weighted by atomic mass is 10.0. The van der Waals surface area contributed by atoms with Crippen molar-refractivity contribution >= 4 is 63.8 Å². The highest BCUT2D eigenvalue weighted by Crippen LogP contribution is 2.37. The van der Waals surface area contributed by atoms with Crippen LogP contribution in [0, 0.1) is 6.92 Å². The van der Waals surface area contributed by atoms with Crippen molar-refractivity contribution in [3.63, 3.8) is 0 Å². The first kappa shape index (κ1) is 29.3. The lowest BCUT2D eigenvalue weighted by Gasteiger charge is -2.16. The molecule has 0 aromatic heterocycles. The number of benzene rings is 3. The minimum atomic E-state index is -0.555. The molecule has 10 heteroatoms. The highest BCUT2D eigenvalue weighted by molar-refractivity contribution is 8.18. The Labute approximate surface area is 246 Å². The summed E-state index contributed by atoms with van der Waals surface area (Å²) < 4.78 is 11.7. The Hall–Kier alpha value is -3.72. The topological polar surface area (TPSA) is 84.9 Å². The van der Waals surface area contributed by atoms with E-state index in [9.17, 15) is 14.4 Å². The highest BCUT2D eigenvalue weighted by atomic mass is 35.5. The van der Waals surface area contributed by atoms with Gasteiger partial charge < -0.3 is 14.8 Å². The molecular formula is C30H26Cl2N2O5S. The molecule has 206 valence electrons. The second-order valence-electron chi connectivity index (χ2n) is 8.89. The maximum Gasteiger partial charge on any atom is 0.294 e. The molecule has 0 bridgehead atoms. The maximum absolute atomic E-state index is 13.1. The average molecular weight is 598 g/mol. The van der Waals surface area contributed by atoms with Crippen LogP contribution in [0.25, 0.3) is 6.08 Å². The Kier molecular flexibility index (Phi) is 9.58. The number of thioether (sulfide) groups is 1. The standard InChI is InChI=1S/C30H26Cl2N2O5S/c1-4-5-21-12-20(13-25(38-3)28(21)39-17-19-7-10-22(31)11-8-19)14-26-29(36)34(30(37)40-26)16-27(35)33-24-15-23(32)9-6-18(24)2/h4,6-15H,1,5,16-17H2,2-3H3,(H,33,35)/b26-14-. The molecule has 40 heavy (non-hydrogen) atoms. The first-order valence-corrected chi connectivity index (χ1v) is 13.8. The van der Waals surface area contributed by atoms with Crippen molar-refractivity contribution in [3.05, 3.63) is 104 Å². The summed E-state index contributed by atoms with van der Waals surface area (Å²) in [4.78, 5) is 39.5. The first-order valence-electron chi connectivity index (χ1n) is 12.2. The van der Waals surface area contributed by atoms with Gasteiger partial charge in [-0.05, 0) is 84.3 Å². The molecule has 4 rings (SSSR count). The largest absolute Gasteiger partial charge is 0.493 e. The highest BCUT2D eigenvalue weighted by Gasteiger charge is 2.36. The van der Waals surface area contributed by atoms with Crippen LogP contribution in [0.2, 0.25) is 10.0 Å². The molecular weight excluding hydrogens is 571 g/mol. The number of methoxy groups -OCH3 is 1. The second-order valence-corrected chi connectivity index (χ2v) is 10.8. The third-order valence-corrected chi connectivity index (χ3v) is 7.38. The molecule has 0 unspecified atom stereocenters. The van der Waals surface area contributed by atoms with Gasteiger partial charge in [0.25, 0.3) is 11.1 Å². The van der Waals surface area contributed by atoms with Crippen molar-refractivity contribution in [1.29, 1.82) is 0 Å². The van der Waals surface area contributed by atoms with Crippen molar-refractivity contribution in [2.24, 2.45) is 0 Å². The number of hydrogen-bond acceptors (Lipinski definition) is 6.